The molecule has 1 fully saturated rings. The normalized spacial score (nSPS) is 24.7. The van der Waals surface area contributed by atoms with Gasteiger partial charge in [0.1, 0.15) is 0 Å². The lowest BCUT2D eigenvalue weighted by molar-refractivity contribution is 0.0591. The van der Waals surface area contributed by atoms with Crippen LogP contribution in [0.4, 0.5) is 0 Å². The molecule has 0 spiro atoms. The van der Waals surface area contributed by atoms with Gasteiger partial charge >= 0.3 is 0 Å². The first kappa shape index (κ1) is 14.5. The van der Waals surface area contributed by atoms with Crippen LogP contribution in [0.15, 0.2) is 30.3 Å². The largest absolute Gasteiger partial charge is 0.377 e. The maximum atomic E-state index is 6.06. The zero-order valence-corrected chi connectivity index (χ0v) is 12.1. The highest BCUT2D eigenvalue weighted by Crippen LogP contribution is 2.24. The Labute approximate surface area is 116 Å². The van der Waals surface area contributed by atoms with Crippen molar-refractivity contribution in [2.75, 3.05) is 26.2 Å². The Morgan fingerprint density at radius 3 is 2.79 bits per heavy atom. The van der Waals surface area contributed by atoms with Gasteiger partial charge in [-0.15, -0.1) is 0 Å². The van der Waals surface area contributed by atoms with Gasteiger partial charge in [-0.05, 0) is 24.8 Å². The first-order valence-electron chi connectivity index (χ1n) is 7.33. The Balaban J connectivity index is 2.10. The fourth-order valence-corrected chi connectivity index (χ4v) is 2.98. The fraction of sp³-hybridized carbons (Fsp3) is 0.625. The zero-order valence-electron chi connectivity index (χ0n) is 12.1. The van der Waals surface area contributed by atoms with E-state index in [9.17, 15) is 0 Å². The number of hydrogen-bond donors (Lipinski definition) is 1. The van der Waals surface area contributed by atoms with Gasteiger partial charge in [-0.1, -0.05) is 37.3 Å². The standard InChI is InChI=1S/C16H26N2O/c1-13-12-18(9-6-10-19-13)16(11-17)14(2)15-7-4-3-5-8-15/h3-5,7-8,13-14,16H,6,9-12,17H2,1-2H3. The molecule has 1 aromatic carbocycles. The summed E-state index contributed by atoms with van der Waals surface area (Å²) < 4.78 is 5.73. The Morgan fingerprint density at radius 2 is 2.11 bits per heavy atom. The van der Waals surface area contributed by atoms with Crippen LogP contribution in [0.3, 0.4) is 0 Å². The van der Waals surface area contributed by atoms with Crippen LogP contribution in [-0.4, -0.2) is 43.3 Å². The third-order valence-corrected chi connectivity index (χ3v) is 4.10. The monoisotopic (exact) mass is 262 g/mol. The van der Waals surface area contributed by atoms with E-state index in [1.165, 1.54) is 5.56 Å². The van der Waals surface area contributed by atoms with Crippen LogP contribution in [0, 0.1) is 0 Å². The van der Waals surface area contributed by atoms with Gasteiger partial charge in [-0.25, -0.2) is 0 Å². The van der Waals surface area contributed by atoms with Crippen LogP contribution in [0.2, 0.25) is 0 Å². The van der Waals surface area contributed by atoms with Crippen molar-refractivity contribution < 1.29 is 4.74 Å². The minimum absolute atomic E-state index is 0.305. The molecule has 0 saturated carbocycles. The summed E-state index contributed by atoms with van der Waals surface area (Å²) in [5.41, 5.74) is 7.43. The van der Waals surface area contributed by atoms with E-state index >= 15 is 0 Å². The van der Waals surface area contributed by atoms with Gasteiger partial charge in [0.2, 0.25) is 0 Å². The average Bonchev–Trinajstić information content (AvgIpc) is 2.65. The van der Waals surface area contributed by atoms with E-state index in [1.807, 2.05) is 0 Å². The third kappa shape index (κ3) is 3.78. The average molecular weight is 262 g/mol. The Bertz CT molecular complexity index is 368. The Kier molecular flexibility index (Phi) is 5.37. The van der Waals surface area contributed by atoms with Gasteiger partial charge < -0.3 is 10.5 Å². The lowest BCUT2D eigenvalue weighted by atomic mass is 9.92. The molecule has 19 heavy (non-hydrogen) atoms. The first-order chi connectivity index (χ1) is 9.22. The first-order valence-corrected chi connectivity index (χ1v) is 7.33. The highest BCUT2D eigenvalue weighted by molar-refractivity contribution is 5.20. The van der Waals surface area contributed by atoms with Crippen molar-refractivity contribution in [2.24, 2.45) is 5.73 Å². The molecule has 3 heteroatoms. The van der Waals surface area contributed by atoms with E-state index in [4.69, 9.17) is 10.5 Å². The van der Waals surface area contributed by atoms with Crippen LogP contribution < -0.4 is 5.73 Å². The molecule has 0 bridgehead atoms. The molecule has 1 aliphatic heterocycles. The van der Waals surface area contributed by atoms with Crippen molar-refractivity contribution >= 4 is 0 Å². The molecule has 1 aromatic rings. The van der Waals surface area contributed by atoms with Crippen molar-refractivity contribution in [1.29, 1.82) is 0 Å². The molecule has 1 heterocycles. The van der Waals surface area contributed by atoms with Crippen molar-refractivity contribution in [3.63, 3.8) is 0 Å². The molecule has 0 aliphatic carbocycles. The summed E-state index contributed by atoms with van der Waals surface area (Å²) in [5.74, 6) is 0.455. The number of rotatable bonds is 4. The zero-order chi connectivity index (χ0) is 13.7. The van der Waals surface area contributed by atoms with E-state index in [2.05, 4.69) is 49.1 Å². The van der Waals surface area contributed by atoms with Crippen LogP contribution in [0.5, 0.6) is 0 Å². The summed E-state index contributed by atoms with van der Waals surface area (Å²) in [6.07, 6.45) is 1.40. The second-order valence-corrected chi connectivity index (χ2v) is 5.53. The molecule has 0 radical (unpaired) electrons. The maximum Gasteiger partial charge on any atom is 0.0674 e. The predicted octanol–water partition coefficient (Wildman–Crippen LogP) is 2.23. The van der Waals surface area contributed by atoms with E-state index in [-0.39, 0.29) is 0 Å². The number of hydrogen-bond acceptors (Lipinski definition) is 3. The number of nitrogens with two attached hydrogens (primary N) is 1. The molecule has 0 amide bonds. The minimum atomic E-state index is 0.305. The van der Waals surface area contributed by atoms with Gasteiger partial charge in [0.25, 0.3) is 0 Å². The van der Waals surface area contributed by atoms with Crippen LogP contribution in [0.1, 0.15) is 31.7 Å². The third-order valence-electron chi connectivity index (χ3n) is 4.10. The van der Waals surface area contributed by atoms with Crippen molar-refractivity contribution in [3.8, 4) is 0 Å². The van der Waals surface area contributed by atoms with Gasteiger partial charge in [-0.3, -0.25) is 4.90 Å². The fourth-order valence-electron chi connectivity index (χ4n) is 2.98. The molecule has 3 nitrogen and oxygen atoms in total. The summed E-state index contributed by atoms with van der Waals surface area (Å²) in [5, 5.41) is 0. The molecule has 2 rings (SSSR count). The minimum Gasteiger partial charge on any atom is -0.377 e. The predicted molar refractivity (Wildman–Crippen MR) is 79.3 cm³/mol. The number of benzene rings is 1. The van der Waals surface area contributed by atoms with E-state index < -0.39 is 0 Å². The maximum absolute atomic E-state index is 6.06. The molecule has 1 saturated heterocycles. The molecular formula is C16H26N2O. The van der Waals surface area contributed by atoms with E-state index in [0.29, 0.717) is 24.6 Å². The summed E-state index contributed by atoms with van der Waals surface area (Å²) in [6.45, 7) is 8.07. The highest BCUT2D eigenvalue weighted by Gasteiger charge is 2.26. The second-order valence-electron chi connectivity index (χ2n) is 5.53. The van der Waals surface area contributed by atoms with E-state index in [0.717, 1.165) is 26.1 Å². The molecule has 1 aliphatic rings. The molecule has 106 valence electrons. The molecule has 0 aromatic heterocycles. The van der Waals surface area contributed by atoms with Crippen LogP contribution in [-0.2, 0) is 4.74 Å². The summed E-state index contributed by atoms with van der Waals surface area (Å²) in [7, 11) is 0. The number of nitrogens with zero attached hydrogens (tertiary/aromatic N) is 1. The van der Waals surface area contributed by atoms with E-state index in [1.54, 1.807) is 0 Å². The topological polar surface area (TPSA) is 38.5 Å². The SMILES string of the molecule is CC1CN(C(CN)C(C)c2ccccc2)CCCO1. The van der Waals surface area contributed by atoms with Gasteiger partial charge in [0.15, 0.2) is 0 Å². The number of ether oxygens (including phenoxy) is 1. The lowest BCUT2D eigenvalue weighted by Crippen LogP contribution is -2.46. The lowest BCUT2D eigenvalue weighted by Gasteiger charge is -2.35. The second kappa shape index (κ2) is 7.04. The Morgan fingerprint density at radius 1 is 1.37 bits per heavy atom. The summed E-state index contributed by atoms with van der Waals surface area (Å²) in [6, 6.07) is 11.1. The Hall–Kier alpha value is -0.900. The quantitative estimate of drug-likeness (QED) is 0.904. The van der Waals surface area contributed by atoms with Gasteiger partial charge in [0.05, 0.1) is 6.10 Å². The molecule has 2 N–H and O–H groups in total. The summed E-state index contributed by atoms with van der Waals surface area (Å²) >= 11 is 0. The highest BCUT2D eigenvalue weighted by atomic mass is 16.5. The molecule has 3 unspecified atom stereocenters. The summed E-state index contributed by atoms with van der Waals surface area (Å²) in [4.78, 5) is 2.51. The van der Waals surface area contributed by atoms with Gasteiger partial charge in [0, 0.05) is 32.3 Å². The van der Waals surface area contributed by atoms with Gasteiger partial charge in [-0.2, -0.15) is 0 Å². The van der Waals surface area contributed by atoms with Crippen LogP contribution in [0.25, 0.3) is 0 Å². The molecular weight excluding hydrogens is 236 g/mol. The van der Waals surface area contributed by atoms with Crippen molar-refractivity contribution in [1.82, 2.24) is 4.90 Å². The van der Waals surface area contributed by atoms with Crippen LogP contribution >= 0.6 is 0 Å². The molecule has 3 atom stereocenters. The van der Waals surface area contributed by atoms with Crippen molar-refractivity contribution in [2.45, 2.75) is 38.3 Å². The van der Waals surface area contributed by atoms with Crippen molar-refractivity contribution in [3.05, 3.63) is 35.9 Å². The smallest absolute Gasteiger partial charge is 0.0674 e.